The van der Waals surface area contributed by atoms with Crippen molar-refractivity contribution in [3.63, 3.8) is 0 Å². The predicted molar refractivity (Wildman–Crippen MR) is 84.8 cm³/mol. The highest BCUT2D eigenvalue weighted by atomic mass is 16.7. The maximum Gasteiger partial charge on any atom is 0.305 e. The van der Waals surface area contributed by atoms with Crippen LogP contribution in [0.3, 0.4) is 0 Å². The van der Waals surface area contributed by atoms with E-state index in [0.717, 1.165) is 4.90 Å². The van der Waals surface area contributed by atoms with Gasteiger partial charge in [0.05, 0.1) is 14.1 Å². The number of rotatable bonds is 6. The molecule has 0 aromatic heterocycles. The quantitative estimate of drug-likeness (QED) is 0.423. The largest absolute Gasteiger partial charge is 0.463 e. The van der Waals surface area contributed by atoms with E-state index in [-0.39, 0.29) is 6.61 Å². The lowest BCUT2D eigenvalue weighted by Crippen LogP contribution is -3.14. The Morgan fingerprint density at radius 2 is 1.31 bits per heavy atom. The van der Waals surface area contributed by atoms with Gasteiger partial charge >= 0.3 is 23.9 Å². The minimum Gasteiger partial charge on any atom is -0.463 e. The molecular weight excluding hydrogens is 350 g/mol. The second-order valence-corrected chi connectivity index (χ2v) is 6.21. The molecule has 1 aliphatic heterocycles. The van der Waals surface area contributed by atoms with E-state index in [2.05, 4.69) is 0 Å². The fourth-order valence-corrected chi connectivity index (χ4v) is 2.77. The smallest absolute Gasteiger partial charge is 0.305 e. The maximum atomic E-state index is 11.6. The third-order valence-corrected chi connectivity index (χ3v) is 3.65. The number of likely N-dealkylation sites (N-methyl/N-ethyl adjacent to an activating group) is 1. The summed E-state index contributed by atoms with van der Waals surface area (Å²) in [6.45, 7) is 4.57. The number of hydrogen-bond acceptors (Lipinski definition) is 9. The minimum absolute atomic E-state index is 0.266. The van der Waals surface area contributed by atoms with E-state index in [0.29, 0.717) is 0 Å². The van der Waals surface area contributed by atoms with E-state index in [4.69, 9.17) is 23.7 Å². The lowest BCUT2D eigenvalue weighted by Gasteiger charge is -2.44. The first-order valence-corrected chi connectivity index (χ1v) is 8.13. The highest BCUT2D eigenvalue weighted by Crippen LogP contribution is 2.26. The van der Waals surface area contributed by atoms with Gasteiger partial charge < -0.3 is 28.6 Å². The summed E-state index contributed by atoms with van der Waals surface area (Å²) in [4.78, 5) is 46.5. The average Bonchev–Trinajstić information content (AvgIpc) is 2.45. The van der Waals surface area contributed by atoms with Crippen molar-refractivity contribution >= 4 is 23.9 Å². The Morgan fingerprint density at radius 3 is 1.73 bits per heavy atom. The fraction of sp³-hybridized carbons (Fsp3) is 0.750. The molecule has 26 heavy (non-hydrogen) atoms. The van der Waals surface area contributed by atoms with Gasteiger partial charge in [-0.15, -0.1) is 0 Å². The summed E-state index contributed by atoms with van der Waals surface area (Å²) in [6, 6.07) is -0.666. The first-order chi connectivity index (χ1) is 12.0. The molecule has 1 N–H and O–H groups in total. The Balaban J connectivity index is 3.26. The van der Waals surface area contributed by atoms with Crippen molar-refractivity contribution in [1.29, 1.82) is 0 Å². The van der Waals surface area contributed by atoms with Gasteiger partial charge in [-0.05, 0) is 0 Å². The number of hydrogen-bond donors (Lipinski definition) is 1. The molecule has 0 bridgehead atoms. The summed E-state index contributed by atoms with van der Waals surface area (Å²) in [7, 11) is 3.50. The third kappa shape index (κ3) is 6.26. The van der Waals surface area contributed by atoms with Crippen molar-refractivity contribution in [2.24, 2.45) is 0 Å². The van der Waals surface area contributed by atoms with Gasteiger partial charge in [0.25, 0.3) is 6.29 Å². The molecule has 0 aromatic rings. The zero-order chi connectivity index (χ0) is 20.0. The molecule has 0 radical (unpaired) electrons. The first-order valence-electron chi connectivity index (χ1n) is 8.13. The van der Waals surface area contributed by atoms with Crippen LogP contribution in [0.4, 0.5) is 0 Å². The van der Waals surface area contributed by atoms with Crippen molar-refractivity contribution in [2.45, 2.75) is 58.3 Å². The van der Waals surface area contributed by atoms with Crippen LogP contribution in [0.25, 0.3) is 0 Å². The normalized spacial score (nSPS) is 28.2. The van der Waals surface area contributed by atoms with Crippen LogP contribution in [0, 0.1) is 0 Å². The molecule has 0 saturated carbocycles. The number of carbonyl (C=O) groups is 4. The third-order valence-electron chi connectivity index (χ3n) is 3.65. The second-order valence-electron chi connectivity index (χ2n) is 6.21. The Labute approximate surface area is 151 Å². The summed E-state index contributed by atoms with van der Waals surface area (Å²) in [5.74, 6) is -2.39. The highest BCUT2D eigenvalue weighted by Gasteiger charge is 2.55. The van der Waals surface area contributed by atoms with Gasteiger partial charge in [-0.1, -0.05) is 0 Å². The maximum absolute atomic E-state index is 11.6. The van der Waals surface area contributed by atoms with E-state index in [9.17, 15) is 19.2 Å². The van der Waals surface area contributed by atoms with Crippen molar-refractivity contribution in [3.05, 3.63) is 0 Å². The number of nitrogens with one attached hydrogen (secondary N) is 1. The molecule has 1 aliphatic rings. The van der Waals surface area contributed by atoms with E-state index in [1.54, 1.807) is 14.1 Å². The summed E-state index contributed by atoms with van der Waals surface area (Å²) in [6.07, 6.45) is -4.08. The van der Waals surface area contributed by atoms with Crippen molar-refractivity contribution in [3.8, 4) is 0 Å². The Hall–Kier alpha value is -2.20. The van der Waals surface area contributed by atoms with Gasteiger partial charge in [-0.2, -0.15) is 0 Å². The topological polar surface area (TPSA) is 119 Å². The molecule has 1 heterocycles. The van der Waals surface area contributed by atoms with Crippen molar-refractivity contribution in [2.75, 3.05) is 20.7 Å². The molecule has 0 spiro atoms. The van der Waals surface area contributed by atoms with E-state index in [1.807, 2.05) is 0 Å². The van der Waals surface area contributed by atoms with Gasteiger partial charge in [-0.3, -0.25) is 19.2 Å². The number of ether oxygens (including phenoxy) is 5. The lowest BCUT2D eigenvalue weighted by atomic mass is 9.95. The number of esters is 4. The average molecular weight is 376 g/mol. The van der Waals surface area contributed by atoms with Crippen LogP contribution in [-0.2, 0) is 42.9 Å². The summed E-state index contributed by atoms with van der Waals surface area (Å²) >= 11 is 0. The SMILES string of the molecule is CC(=O)OC[C@H]1O[C@H](OC(C)=O)[C@H]([NH+](C)C)[C@@H](OC(C)=O)[C@@H]1OC(C)=O. The van der Waals surface area contributed by atoms with Gasteiger partial charge in [0, 0.05) is 27.7 Å². The van der Waals surface area contributed by atoms with Gasteiger partial charge in [0.15, 0.2) is 18.2 Å². The van der Waals surface area contributed by atoms with Crippen LogP contribution in [0.1, 0.15) is 27.7 Å². The Morgan fingerprint density at radius 1 is 0.808 bits per heavy atom. The van der Waals surface area contributed by atoms with Crippen LogP contribution in [0.5, 0.6) is 0 Å². The number of quaternary nitrogens is 1. The Kier molecular flexibility index (Phi) is 7.97. The zero-order valence-corrected chi connectivity index (χ0v) is 15.8. The van der Waals surface area contributed by atoms with Crippen LogP contribution < -0.4 is 4.90 Å². The molecule has 0 amide bonds. The van der Waals surface area contributed by atoms with Crippen LogP contribution >= 0.6 is 0 Å². The van der Waals surface area contributed by atoms with E-state index in [1.165, 1.54) is 27.7 Å². The van der Waals surface area contributed by atoms with Gasteiger partial charge in [0.1, 0.15) is 12.7 Å². The van der Waals surface area contributed by atoms with Crippen molar-refractivity contribution < 1.29 is 47.8 Å². The molecule has 1 fully saturated rings. The lowest BCUT2D eigenvalue weighted by molar-refractivity contribution is -0.900. The fourth-order valence-electron chi connectivity index (χ4n) is 2.77. The molecule has 1 rings (SSSR count). The summed E-state index contributed by atoms with van der Waals surface area (Å²) in [5.41, 5.74) is 0. The van der Waals surface area contributed by atoms with Crippen LogP contribution in [-0.4, -0.2) is 75.2 Å². The van der Waals surface area contributed by atoms with Gasteiger partial charge in [-0.25, -0.2) is 0 Å². The summed E-state index contributed by atoms with van der Waals surface area (Å²) in [5, 5.41) is 0. The zero-order valence-electron chi connectivity index (χ0n) is 15.8. The molecule has 0 unspecified atom stereocenters. The minimum atomic E-state index is -1.09. The number of carbonyl (C=O) groups excluding carboxylic acids is 4. The monoisotopic (exact) mass is 376 g/mol. The van der Waals surface area contributed by atoms with Gasteiger partial charge in [0.2, 0.25) is 0 Å². The molecule has 0 aliphatic carbocycles. The molecule has 5 atom stereocenters. The van der Waals surface area contributed by atoms with E-state index >= 15 is 0 Å². The molecule has 1 saturated heterocycles. The highest BCUT2D eigenvalue weighted by molar-refractivity contribution is 5.68. The standard InChI is InChI=1S/C16H25NO9/c1-8(18)22-7-12-14(23-9(2)19)15(24-10(3)20)13(17(5)6)16(26-12)25-11(4)21/h12-16H,7H2,1-6H3/p+1/t12-,13-,14-,15-,16+/m1/s1. The predicted octanol–water partition coefficient (Wildman–Crippen LogP) is -1.79. The first kappa shape index (κ1) is 21.8. The Bertz CT molecular complexity index is 548. The van der Waals surface area contributed by atoms with Crippen LogP contribution in [0.2, 0.25) is 0 Å². The summed E-state index contributed by atoms with van der Waals surface area (Å²) < 4.78 is 26.6. The van der Waals surface area contributed by atoms with Crippen LogP contribution in [0.15, 0.2) is 0 Å². The molecule has 10 heteroatoms. The second kappa shape index (κ2) is 9.48. The molecule has 0 aromatic carbocycles. The molecule has 148 valence electrons. The molecular formula is C16H26NO9+. The van der Waals surface area contributed by atoms with Crippen molar-refractivity contribution in [1.82, 2.24) is 0 Å². The molecule has 10 nitrogen and oxygen atoms in total. The van der Waals surface area contributed by atoms with E-state index < -0.39 is 54.5 Å².